The number of halogens is 1. The average molecular weight is 573 g/mol. The summed E-state index contributed by atoms with van der Waals surface area (Å²) in [5.74, 6) is -1.29. The van der Waals surface area contributed by atoms with Gasteiger partial charge in [-0.3, -0.25) is 9.59 Å². The number of nitrogens with one attached hydrogen (secondary N) is 1. The number of hydrogen-bond acceptors (Lipinski definition) is 7. The fourth-order valence-electron chi connectivity index (χ4n) is 5.46. The van der Waals surface area contributed by atoms with Crippen molar-refractivity contribution in [2.24, 2.45) is 0 Å². The fraction of sp³-hybridized carbons (Fsp3) is 0.312. The van der Waals surface area contributed by atoms with E-state index < -0.39 is 24.0 Å². The molecule has 1 saturated heterocycles. The number of amides is 1. The van der Waals surface area contributed by atoms with Crippen molar-refractivity contribution in [1.82, 2.24) is 14.5 Å². The lowest BCUT2D eigenvalue weighted by Gasteiger charge is -2.27. The molecule has 5 rings (SSSR count). The largest absolute Gasteiger partial charge is 0.467 e. The summed E-state index contributed by atoms with van der Waals surface area (Å²) < 4.78 is 27.0. The van der Waals surface area contributed by atoms with Gasteiger partial charge in [0.1, 0.15) is 11.9 Å². The number of nitrogens with zero attached hydrogens (tertiary/aromatic N) is 3. The van der Waals surface area contributed by atoms with Crippen LogP contribution >= 0.6 is 0 Å². The minimum absolute atomic E-state index is 0.0262. The number of aliphatic hydroxyl groups is 1. The zero-order valence-corrected chi connectivity index (χ0v) is 23.7. The molecule has 4 aromatic rings. The third-order valence-corrected chi connectivity index (χ3v) is 7.21. The molecule has 0 radical (unpaired) electrons. The fourth-order valence-corrected chi connectivity index (χ4v) is 5.46. The molecule has 0 aliphatic carbocycles. The van der Waals surface area contributed by atoms with Crippen molar-refractivity contribution in [1.29, 1.82) is 0 Å². The third kappa shape index (κ3) is 6.18. The first kappa shape index (κ1) is 28.9. The number of aromatic nitrogens is 3. The van der Waals surface area contributed by atoms with Crippen molar-refractivity contribution in [3.63, 3.8) is 0 Å². The van der Waals surface area contributed by atoms with E-state index in [1.54, 1.807) is 36.5 Å². The van der Waals surface area contributed by atoms with E-state index in [0.717, 1.165) is 5.69 Å². The summed E-state index contributed by atoms with van der Waals surface area (Å²) in [5, 5.41) is 13.2. The van der Waals surface area contributed by atoms with E-state index in [4.69, 9.17) is 9.47 Å². The summed E-state index contributed by atoms with van der Waals surface area (Å²) in [4.78, 5) is 35.0. The Kier molecular flexibility index (Phi) is 8.63. The molecule has 0 saturated carbocycles. The van der Waals surface area contributed by atoms with Crippen LogP contribution in [0.25, 0.3) is 22.5 Å². The SMILES string of the molecule is COc1nccc(-c2c(C(=O)Nc3ccccc3)c(C(C)C)n(CCC3CC(O)CC(=O)O3)c2-c2ccc(F)cc2)n1. The van der Waals surface area contributed by atoms with Crippen molar-refractivity contribution >= 4 is 17.6 Å². The quantitative estimate of drug-likeness (QED) is 0.251. The zero-order valence-electron chi connectivity index (χ0n) is 23.7. The number of hydrogen-bond donors (Lipinski definition) is 2. The van der Waals surface area contributed by atoms with Gasteiger partial charge >= 0.3 is 12.0 Å². The van der Waals surface area contributed by atoms with E-state index in [2.05, 4.69) is 15.3 Å². The number of benzene rings is 2. The first-order valence-electron chi connectivity index (χ1n) is 13.9. The molecule has 2 aromatic heterocycles. The predicted octanol–water partition coefficient (Wildman–Crippen LogP) is 5.59. The highest BCUT2D eigenvalue weighted by Crippen LogP contribution is 2.42. The Morgan fingerprint density at radius 2 is 1.90 bits per heavy atom. The van der Waals surface area contributed by atoms with Crippen LogP contribution in [0.3, 0.4) is 0 Å². The predicted molar refractivity (Wildman–Crippen MR) is 156 cm³/mol. The van der Waals surface area contributed by atoms with Gasteiger partial charge in [0.05, 0.1) is 36.6 Å². The molecule has 3 heterocycles. The first-order chi connectivity index (χ1) is 20.2. The maximum Gasteiger partial charge on any atom is 0.316 e. The van der Waals surface area contributed by atoms with Crippen LogP contribution in [0.2, 0.25) is 0 Å². The Morgan fingerprint density at radius 1 is 1.17 bits per heavy atom. The van der Waals surface area contributed by atoms with Crippen LogP contribution in [-0.4, -0.2) is 50.8 Å². The Bertz CT molecular complexity index is 1570. The summed E-state index contributed by atoms with van der Waals surface area (Å²) in [6, 6.07) is 17.1. The molecular formula is C32H33FN4O5. The zero-order chi connectivity index (χ0) is 29.8. The molecule has 2 atom stereocenters. The molecular weight excluding hydrogens is 539 g/mol. The summed E-state index contributed by atoms with van der Waals surface area (Å²) >= 11 is 0. The molecule has 2 aromatic carbocycles. The third-order valence-electron chi connectivity index (χ3n) is 7.21. The Labute approximate surface area is 243 Å². The molecule has 0 spiro atoms. The standard InChI is InChI=1S/C32H33FN4O5/c1-19(2)29-28(31(40)35-22-7-5-4-6-8-22)27(25-13-15-34-32(36-25)41-3)30(20-9-11-21(33)12-10-20)37(29)16-14-24-17-23(38)18-26(39)42-24/h4-13,15,19,23-24,38H,14,16-18H2,1-3H3,(H,35,40). The topological polar surface area (TPSA) is 116 Å². The number of para-hydroxylation sites is 1. The van der Waals surface area contributed by atoms with E-state index in [1.165, 1.54) is 19.2 Å². The molecule has 1 aliphatic heterocycles. The summed E-state index contributed by atoms with van der Waals surface area (Å²) in [7, 11) is 1.47. The van der Waals surface area contributed by atoms with E-state index in [0.29, 0.717) is 53.2 Å². The number of rotatable bonds is 9. The van der Waals surface area contributed by atoms with Gasteiger partial charge in [-0.2, -0.15) is 4.98 Å². The Hall–Kier alpha value is -4.57. The van der Waals surface area contributed by atoms with E-state index in [9.17, 15) is 19.1 Å². The molecule has 1 fully saturated rings. The second kappa shape index (κ2) is 12.5. The number of methoxy groups -OCH3 is 1. The van der Waals surface area contributed by atoms with Crippen LogP contribution in [0.5, 0.6) is 6.01 Å². The van der Waals surface area contributed by atoms with E-state index in [-0.39, 0.29) is 24.3 Å². The van der Waals surface area contributed by atoms with Crippen LogP contribution in [0.4, 0.5) is 10.1 Å². The van der Waals surface area contributed by atoms with Crippen LogP contribution in [0.15, 0.2) is 66.9 Å². The van der Waals surface area contributed by atoms with Crippen LogP contribution in [0.1, 0.15) is 55.1 Å². The highest BCUT2D eigenvalue weighted by atomic mass is 19.1. The second-order valence-corrected chi connectivity index (χ2v) is 10.5. The lowest BCUT2D eigenvalue weighted by atomic mass is 9.97. The molecule has 218 valence electrons. The molecule has 1 aliphatic rings. The van der Waals surface area contributed by atoms with Crippen LogP contribution in [-0.2, 0) is 16.1 Å². The van der Waals surface area contributed by atoms with Crippen molar-refractivity contribution in [2.75, 3.05) is 12.4 Å². The van der Waals surface area contributed by atoms with Crippen molar-refractivity contribution in [2.45, 2.75) is 57.8 Å². The van der Waals surface area contributed by atoms with E-state index >= 15 is 0 Å². The Morgan fingerprint density at radius 3 is 2.57 bits per heavy atom. The van der Waals surface area contributed by atoms with Gasteiger partial charge < -0.3 is 24.5 Å². The molecule has 2 N–H and O–H groups in total. The van der Waals surface area contributed by atoms with Gasteiger partial charge in [-0.25, -0.2) is 9.37 Å². The van der Waals surface area contributed by atoms with Crippen LogP contribution in [0, 0.1) is 5.82 Å². The Balaban J connectivity index is 1.74. The molecule has 0 bridgehead atoms. The van der Waals surface area contributed by atoms with Crippen molar-refractivity contribution < 1.29 is 28.6 Å². The smallest absolute Gasteiger partial charge is 0.316 e. The number of ether oxygens (including phenoxy) is 2. The molecule has 42 heavy (non-hydrogen) atoms. The highest BCUT2D eigenvalue weighted by Gasteiger charge is 2.33. The van der Waals surface area contributed by atoms with Gasteiger partial charge in [0.2, 0.25) is 0 Å². The van der Waals surface area contributed by atoms with Crippen molar-refractivity contribution in [3.8, 4) is 28.5 Å². The average Bonchev–Trinajstić information content (AvgIpc) is 3.32. The number of cyclic esters (lactones) is 1. The number of esters is 1. The lowest BCUT2D eigenvalue weighted by Crippen LogP contribution is -2.33. The maximum atomic E-state index is 14.2. The summed E-state index contributed by atoms with van der Waals surface area (Å²) in [6.45, 7) is 4.35. The van der Waals surface area contributed by atoms with E-state index in [1.807, 2.05) is 36.6 Å². The number of anilines is 1. The summed E-state index contributed by atoms with van der Waals surface area (Å²) in [5.41, 5.74) is 4.10. The minimum atomic E-state index is -0.765. The maximum absolute atomic E-state index is 14.2. The number of carbonyl (C=O) groups is 2. The van der Waals surface area contributed by atoms with Gasteiger partial charge in [0, 0.05) is 42.5 Å². The van der Waals surface area contributed by atoms with Gasteiger partial charge in [-0.1, -0.05) is 32.0 Å². The molecule has 2 unspecified atom stereocenters. The lowest BCUT2D eigenvalue weighted by molar-refractivity contribution is -0.160. The molecule has 10 heteroatoms. The first-order valence-corrected chi connectivity index (χ1v) is 13.9. The van der Waals surface area contributed by atoms with Gasteiger partial charge in [0.15, 0.2) is 0 Å². The van der Waals surface area contributed by atoms with Gasteiger partial charge in [-0.05, 0) is 53.9 Å². The monoisotopic (exact) mass is 572 g/mol. The minimum Gasteiger partial charge on any atom is -0.467 e. The normalized spacial score (nSPS) is 16.8. The second-order valence-electron chi connectivity index (χ2n) is 10.5. The van der Waals surface area contributed by atoms with Crippen molar-refractivity contribution in [3.05, 3.63) is 83.9 Å². The highest BCUT2D eigenvalue weighted by molar-refractivity contribution is 6.12. The van der Waals surface area contributed by atoms with Gasteiger partial charge in [-0.15, -0.1) is 0 Å². The van der Waals surface area contributed by atoms with Crippen LogP contribution < -0.4 is 10.1 Å². The number of carbonyl (C=O) groups excluding carboxylic acids is 2. The number of aliphatic hydroxyl groups excluding tert-OH is 1. The molecule has 9 nitrogen and oxygen atoms in total. The summed E-state index contributed by atoms with van der Waals surface area (Å²) in [6.07, 6.45) is 1.00. The van der Waals surface area contributed by atoms with Gasteiger partial charge in [0.25, 0.3) is 5.91 Å². The molecule has 1 amide bonds.